The van der Waals surface area contributed by atoms with Gasteiger partial charge in [0.2, 0.25) is 0 Å². The third-order valence-electron chi connectivity index (χ3n) is 4.34. The molecule has 1 aliphatic heterocycles. The van der Waals surface area contributed by atoms with E-state index in [-0.39, 0.29) is 35.9 Å². The Morgan fingerprint density at radius 2 is 2.04 bits per heavy atom. The van der Waals surface area contributed by atoms with Crippen molar-refractivity contribution < 1.29 is 32.4 Å². The number of carbonyl (C=O) groups is 2. The summed E-state index contributed by atoms with van der Waals surface area (Å²) >= 11 is 0. The topological polar surface area (TPSA) is 133 Å². The van der Waals surface area contributed by atoms with E-state index in [1.807, 2.05) is 0 Å². The highest BCUT2D eigenvalue weighted by atomic mass is 32.2. The summed E-state index contributed by atoms with van der Waals surface area (Å²) in [6.45, 7) is -0.170. The van der Waals surface area contributed by atoms with Gasteiger partial charge in [0.1, 0.15) is 10.6 Å². The highest BCUT2D eigenvalue weighted by Crippen LogP contribution is 2.28. The van der Waals surface area contributed by atoms with Crippen molar-refractivity contribution >= 4 is 38.5 Å². The molecule has 0 spiro atoms. The Labute approximate surface area is 161 Å². The summed E-state index contributed by atoms with van der Waals surface area (Å²) in [5.74, 6) is -1.12. The van der Waals surface area contributed by atoms with Crippen LogP contribution in [0.2, 0.25) is 0 Å². The monoisotopic (exact) mass is 406 g/mol. The summed E-state index contributed by atoms with van der Waals surface area (Å²) in [6.07, 6.45) is 0. The van der Waals surface area contributed by atoms with Gasteiger partial charge in [-0.1, -0.05) is 18.2 Å². The molecule has 28 heavy (non-hydrogen) atoms. The van der Waals surface area contributed by atoms with Crippen LogP contribution in [0.4, 0.5) is 5.69 Å². The third kappa shape index (κ3) is 3.70. The van der Waals surface area contributed by atoms with E-state index < -0.39 is 22.0 Å². The van der Waals surface area contributed by atoms with Gasteiger partial charge in [-0.2, -0.15) is 8.42 Å². The normalized spacial score (nSPS) is 14.7. The van der Waals surface area contributed by atoms with Crippen LogP contribution in [-0.2, 0) is 24.4 Å². The van der Waals surface area contributed by atoms with Gasteiger partial charge in [-0.05, 0) is 23.6 Å². The number of rotatable bonds is 6. The molecule has 0 saturated carbocycles. The van der Waals surface area contributed by atoms with Crippen molar-refractivity contribution in [2.75, 3.05) is 32.1 Å². The SMILES string of the molecule is COC(=O)C1=C(Nc2ccc3c(S(=O)(=O)O)cccc3c2)C(=O)N(CCO)C1. The Kier molecular flexibility index (Phi) is 5.36. The number of benzene rings is 2. The van der Waals surface area contributed by atoms with Gasteiger partial charge in [0.05, 0.1) is 25.8 Å². The summed E-state index contributed by atoms with van der Waals surface area (Å²) in [4.78, 5) is 25.7. The maximum atomic E-state index is 12.6. The van der Waals surface area contributed by atoms with E-state index in [2.05, 4.69) is 5.32 Å². The number of anilines is 1. The maximum absolute atomic E-state index is 12.6. The van der Waals surface area contributed by atoms with E-state index in [0.29, 0.717) is 16.5 Å². The molecule has 0 unspecified atom stereocenters. The van der Waals surface area contributed by atoms with Crippen LogP contribution < -0.4 is 5.32 Å². The first-order chi connectivity index (χ1) is 13.3. The lowest BCUT2D eigenvalue weighted by Crippen LogP contribution is -2.31. The number of hydrogen-bond acceptors (Lipinski definition) is 7. The van der Waals surface area contributed by atoms with Crippen LogP contribution in [0, 0.1) is 0 Å². The van der Waals surface area contributed by atoms with E-state index in [0.717, 1.165) is 0 Å². The van der Waals surface area contributed by atoms with Crippen molar-refractivity contribution in [1.82, 2.24) is 4.90 Å². The molecule has 1 heterocycles. The summed E-state index contributed by atoms with van der Waals surface area (Å²) in [7, 11) is -3.18. The third-order valence-corrected chi connectivity index (χ3v) is 5.25. The smallest absolute Gasteiger partial charge is 0.337 e. The standard InChI is InChI=1S/C18H18N2O7S/c1-27-18(23)14-10-20(7-8-21)17(22)16(14)19-12-5-6-13-11(9-12)3-2-4-15(13)28(24,25)26/h2-6,9,19,21H,7-8,10H2,1H3,(H,24,25,26). The average Bonchev–Trinajstić information content (AvgIpc) is 2.96. The highest BCUT2D eigenvalue weighted by Gasteiger charge is 2.34. The van der Waals surface area contributed by atoms with Crippen molar-refractivity contribution in [2.24, 2.45) is 0 Å². The Hall–Kier alpha value is -2.95. The number of methoxy groups -OCH3 is 1. The number of aliphatic hydroxyl groups excluding tert-OH is 1. The molecule has 148 valence electrons. The highest BCUT2D eigenvalue weighted by molar-refractivity contribution is 7.86. The first kappa shape index (κ1) is 19.8. The summed E-state index contributed by atoms with van der Waals surface area (Å²) < 4.78 is 37.1. The number of esters is 1. The first-order valence-electron chi connectivity index (χ1n) is 8.25. The number of amides is 1. The molecular weight excluding hydrogens is 388 g/mol. The van der Waals surface area contributed by atoms with Crippen LogP contribution in [-0.4, -0.2) is 61.7 Å². The molecule has 3 N–H and O–H groups in total. The maximum Gasteiger partial charge on any atom is 0.337 e. The number of carbonyl (C=O) groups excluding carboxylic acids is 2. The predicted octanol–water partition coefficient (Wildman–Crippen LogP) is 0.760. The summed E-state index contributed by atoms with van der Waals surface area (Å²) in [5, 5.41) is 12.8. The van der Waals surface area contributed by atoms with E-state index in [9.17, 15) is 22.6 Å². The zero-order valence-corrected chi connectivity index (χ0v) is 15.7. The number of nitrogens with zero attached hydrogens (tertiary/aromatic N) is 1. The van der Waals surface area contributed by atoms with Crippen molar-refractivity contribution in [3.05, 3.63) is 47.7 Å². The number of hydrogen-bond donors (Lipinski definition) is 3. The number of β-amino-alcohol motifs (C(OH)–C–C–N with tert-alkyl or cyclic N) is 1. The summed E-state index contributed by atoms with van der Waals surface area (Å²) in [6, 6.07) is 9.03. The first-order valence-corrected chi connectivity index (χ1v) is 9.69. The fourth-order valence-electron chi connectivity index (χ4n) is 3.05. The van der Waals surface area contributed by atoms with E-state index in [1.165, 1.54) is 36.3 Å². The van der Waals surface area contributed by atoms with Crippen molar-refractivity contribution in [2.45, 2.75) is 4.90 Å². The second-order valence-electron chi connectivity index (χ2n) is 6.09. The molecule has 3 rings (SSSR count). The van der Waals surface area contributed by atoms with E-state index in [1.54, 1.807) is 12.1 Å². The number of nitrogens with one attached hydrogen (secondary N) is 1. The molecule has 1 amide bonds. The lowest BCUT2D eigenvalue weighted by Gasteiger charge is -2.15. The quantitative estimate of drug-likeness (QED) is 0.473. The minimum Gasteiger partial charge on any atom is -0.466 e. The molecule has 0 aromatic heterocycles. The van der Waals surface area contributed by atoms with Gasteiger partial charge in [0.15, 0.2) is 0 Å². The predicted molar refractivity (Wildman–Crippen MR) is 100 cm³/mol. The molecule has 2 aromatic carbocycles. The Bertz CT molecular complexity index is 1090. The molecule has 0 bridgehead atoms. The van der Waals surface area contributed by atoms with Crippen LogP contribution >= 0.6 is 0 Å². The van der Waals surface area contributed by atoms with Gasteiger partial charge in [0.25, 0.3) is 16.0 Å². The number of fused-ring (bicyclic) bond motifs is 1. The number of ether oxygens (including phenoxy) is 1. The zero-order chi connectivity index (χ0) is 20.5. The molecular formula is C18H18N2O7S. The Morgan fingerprint density at radius 1 is 1.29 bits per heavy atom. The van der Waals surface area contributed by atoms with Gasteiger partial charge in [-0.25, -0.2) is 4.79 Å². The van der Waals surface area contributed by atoms with E-state index in [4.69, 9.17) is 9.84 Å². The molecule has 0 aliphatic carbocycles. The molecule has 0 saturated heterocycles. The second kappa shape index (κ2) is 7.58. The van der Waals surface area contributed by atoms with E-state index >= 15 is 0 Å². The van der Waals surface area contributed by atoms with Crippen LogP contribution in [0.3, 0.4) is 0 Å². The minimum atomic E-state index is -4.39. The Morgan fingerprint density at radius 3 is 2.68 bits per heavy atom. The Balaban J connectivity index is 2.00. The average molecular weight is 406 g/mol. The molecule has 0 atom stereocenters. The molecule has 2 aromatic rings. The fourth-order valence-corrected chi connectivity index (χ4v) is 3.76. The van der Waals surface area contributed by atoms with Crippen LogP contribution in [0.25, 0.3) is 10.8 Å². The molecule has 0 radical (unpaired) electrons. The van der Waals surface area contributed by atoms with Crippen molar-refractivity contribution in [3.8, 4) is 0 Å². The van der Waals surface area contributed by atoms with Crippen molar-refractivity contribution in [1.29, 1.82) is 0 Å². The van der Waals surface area contributed by atoms with Gasteiger partial charge < -0.3 is 20.1 Å². The second-order valence-corrected chi connectivity index (χ2v) is 7.48. The van der Waals surface area contributed by atoms with Gasteiger partial charge in [-0.3, -0.25) is 9.35 Å². The fraction of sp³-hybridized carbons (Fsp3) is 0.222. The lowest BCUT2D eigenvalue weighted by molar-refractivity contribution is -0.136. The molecule has 1 aliphatic rings. The van der Waals surface area contributed by atoms with Crippen molar-refractivity contribution in [3.63, 3.8) is 0 Å². The zero-order valence-electron chi connectivity index (χ0n) is 14.9. The summed E-state index contributed by atoms with van der Waals surface area (Å²) in [5.41, 5.74) is 0.605. The van der Waals surface area contributed by atoms with Crippen LogP contribution in [0.15, 0.2) is 52.6 Å². The number of aliphatic hydroxyl groups is 1. The molecule has 0 fully saturated rings. The minimum absolute atomic E-state index is 0.00881. The van der Waals surface area contributed by atoms with Gasteiger partial charge in [-0.15, -0.1) is 0 Å². The largest absolute Gasteiger partial charge is 0.466 e. The van der Waals surface area contributed by atoms with Gasteiger partial charge >= 0.3 is 5.97 Å². The van der Waals surface area contributed by atoms with Crippen LogP contribution in [0.1, 0.15) is 0 Å². The lowest BCUT2D eigenvalue weighted by atomic mass is 10.1. The van der Waals surface area contributed by atoms with Gasteiger partial charge in [0, 0.05) is 17.6 Å². The molecule has 10 heteroatoms. The molecule has 9 nitrogen and oxygen atoms in total. The van der Waals surface area contributed by atoms with Crippen LogP contribution in [0.5, 0.6) is 0 Å².